The van der Waals surface area contributed by atoms with Crippen LogP contribution >= 0.6 is 0 Å². The van der Waals surface area contributed by atoms with Gasteiger partial charge in [-0.15, -0.1) is 0 Å². The molecule has 6 atom stereocenters. The molecule has 2 bridgehead atoms. The summed E-state index contributed by atoms with van der Waals surface area (Å²) in [6.45, 7) is 7.71. The molecule has 2 aliphatic heterocycles. The summed E-state index contributed by atoms with van der Waals surface area (Å²) in [6.07, 6.45) is 3.81. The van der Waals surface area contributed by atoms with Crippen LogP contribution in [0.2, 0.25) is 0 Å². The first kappa shape index (κ1) is 21.0. The van der Waals surface area contributed by atoms with Gasteiger partial charge < -0.3 is 0 Å². The van der Waals surface area contributed by atoms with Crippen molar-refractivity contribution in [3.8, 4) is 0 Å². The maximum atomic E-state index is 13.7. The lowest BCUT2D eigenvalue weighted by atomic mass is 9.54. The molecule has 0 N–H and O–H groups in total. The van der Waals surface area contributed by atoms with Gasteiger partial charge in [0.2, 0.25) is 23.6 Å². The molecule has 3 aliphatic carbocycles. The lowest BCUT2D eigenvalue weighted by Crippen LogP contribution is -2.50. The molecule has 2 unspecified atom stereocenters. The molecule has 4 amide bonds. The second-order valence-electron chi connectivity index (χ2n) is 10.1. The summed E-state index contributed by atoms with van der Waals surface area (Å²) in [5.41, 5.74) is 4.97. The minimum Gasteiger partial charge on any atom is -0.274 e. The third kappa shape index (κ3) is 2.46. The van der Waals surface area contributed by atoms with Gasteiger partial charge in [-0.25, -0.2) is 9.80 Å². The van der Waals surface area contributed by atoms with Crippen LogP contribution in [0.5, 0.6) is 0 Å². The monoisotopic (exact) mass is 454 g/mol. The first-order valence-corrected chi connectivity index (χ1v) is 11.8. The summed E-state index contributed by atoms with van der Waals surface area (Å²) in [4.78, 5) is 57.4. The molecule has 0 radical (unpaired) electrons. The Balaban J connectivity index is 1.42. The zero-order valence-corrected chi connectivity index (χ0v) is 19.6. The highest BCUT2D eigenvalue weighted by atomic mass is 16.2. The van der Waals surface area contributed by atoms with Crippen LogP contribution in [0.25, 0.3) is 0 Å². The summed E-state index contributed by atoms with van der Waals surface area (Å²) in [5, 5.41) is 0. The van der Waals surface area contributed by atoms with Gasteiger partial charge in [-0.3, -0.25) is 19.2 Å². The number of carbonyl (C=O) groups is 4. The van der Waals surface area contributed by atoms with E-state index in [-0.39, 0.29) is 23.6 Å². The highest BCUT2D eigenvalue weighted by Gasteiger charge is 2.69. The first-order valence-electron chi connectivity index (χ1n) is 11.8. The highest BCUT2D eigenvalue weighted by Crippen LogP contribution is 2.58. The maximum Gasteiger partial charge on any atom is 0.238 e. The third-order valence-electron chi connectivity index (χ3n) is 8.64. The predicted molar refractivity (Wildman–Crippen MR) is 127 cm³/mol. The van der Waals surface area contributed by atoms with Gasteiger partial charge in [-0.05, 0) is 62.1 Å². The Morgan fingerprint density at radius 2 is 0.853 bits per heavy atom. The van der Waals surface area contributed by atoms with Crippen LogP contribution in [-0.4, -0.2) is 23.6 Å². The second kappa shape index (κ2) is 6.98. The van der Waals surface area contributed by atoms with Crippen molar-refractivity contribution in [2.75, 3.05) is 9.80 Å². The number of hydrogen-bond acceptors (Lipinski definition) is 4. The molecule has 5 aliphatic rings. The number of anilines is 2. The van der Waals surface area contributed by atoms with Crippen molar-refractivity contribution >= 4 is 35.0 Å². The van der Waals surface area contributed by atoms with Crippen molar-refractivity contribution in [3.05, 3.63) is 70.8 Å². The number of benzene rings is 2. The number of carbonyl (C=O) groups excluding carboxylic acids is 4. The molecular weight excluding hydrogens is 428 g/mol. The van der Waals surface area contributed by atoms with Crippen molar-refractivity contribution in [2.24, 2.45) is 35.5 Å². The van der Waals surface area contributed by atoms with Gasteiger partial charge in [-0.1, -0.05) is 36.4 Å². The molecule has 1 saturated carbocycles. The molecule has 34 heavy (non-hydrogen) atoms. The molecule has 2 aromatic carbocycles. The highest BCUT2D eigenvalue weighted by molar-refractivity contribution is 6.26. The lowest BCUT2D eigenvalue weighted by Gasteiger charge is -2.44. The molecule has 6 nitrogen and oxygen atoms in total. The number of aryl methyl sites for hydroxylation is 2. The Morgan fingerprint density at radius 1 is 0.529 bits per heavy atom. The van der Waals surface area contributed by atoms with Gasteiger partial charge in [0.1, 0.15) is 0 Å². The molecule has 2 aromatic rings. The van der Waals surface area contributed by atoms with Gasteiger partial charge in [0.05, 0.1) is 35.0 Å². The van der Waals surface area contributed by atoms with Gasteiger partial charge in [0, 0.05) is 11.8 Å². The lowest BCUT2D eigenvalue weighted by molar-refractivity contribution is -0.137. The Hall–Kier alpha value is -3.54. The van der Waals surface area contributed by atoms with Crippen LogP contribution in [0.15, 0.2) is 48.6 Å². The predicted octanol–water partition coefficient (Wildman–Crippen LogP) is 3.65. The Kier molecular flexibility index (Phi) is 4.32. The average molecular weight is 455 g/mol. The Morgan fingerprint density at radius 3 is 1.18 bits per heavy atom. The summed E-state index contributed by atoms with van der Waals surface area (Å²) in [7, 11) is 0. The van der Waals surface area contributed by atoms with E-state index in [4.69, 9.17) is 0 Å². The minimum atomic E-state index is -0.612. The number of imide groups is 2. The summed E-state index contributed by atoms with van der Waals surface area (Å²) < 4.78 is 0. The van der Waals surface area contributed by atoms with Gasteiger partial charge in [0.15, 0.2) is 0 Å². The molecule has 0 spiro atoms. The van der Waals surface area contributed by atoms with E-state index in [1.165, 1.54) is 9.80 Å². The molecule has 0 aromatic heterocycles. The fourth-order valence-corrected chi connectivity index (χ4v) is 6.66. The smallest absolute Gasteiger partial charge is 0.238 e. The number of nitrogens with zero attached hydrogens (tertiary/aromatic N) is 2. The average Bonchev–Trinajstić information content (AvgIpc) is 3.25. The molecule has 2 heterocycles. The van der Waals surface area contributed by atoms with E-state index in [0.717, 1.165) is 22.3 Å². The van der Waals surface area contributed by atoms with Gasteiger partial charge >= 0.3 is 0 Å². The molecule has 7 rings (SSSR count). The van der Waals surface area contributed by atoms with Crippen LogP contribution < -0.4 is 9.80 Å². The van der Waals surface area contributed by atoms with Gasteiger partial charge in [-0.2, -0.15) is 0 Å². The SMILES string of the molecule is Cc1cccc(N2C(=O)[C@@H]3C4C=CC([C@H]5C(=O)N(c6cccc(C)c6C)C(=O)[C@@H]45)[C@@H]3C2=O)c1C. The van der Waals surface area contributed by atoms with E-state index >= 15 is 0 Å². The van der Waals surface area contributed by atoms with E-state index in [9.17, 15) is 19.2 Å². The van der Waals surface area contributed by atoms with Crippen molar-refractivity contribution in [1.82, 2.24) is 0 Å². The van der Waals surface area contributed by atoms with Crippen LogP contribution in [0, 0.1) is 63.2 Å². The van der Waals surface area contributed by atoms with Crippen molar-refractivity contribution in [1.29, 1.82) is 0 Å². The summed E-state index contributed by atoms with van der Waals surface area (Å²) >= 11 is 0. The fraction of sp³-hybridized carbons (Fsp3) is 0.357. The molecule has 172 valence electrons. The van der Waals surface area contributed by atoms with E-state index in [0.29, 0.717) is 11.4 Å². The number of allylic oxidation sites excluding steroid dienone is 2. The largest absolute Gasteiger partial charge is 0.274 e. The van der Waals surface area contributed by atoms with Crippen LogP contribution in [0.4, 0.5) is 11.4 Å². The zero-order chi connectivity index (χ0) is 24.0. The topological polar surface area (TPSA) is 74.8 Å². The van der Waals surface area contributed by atoms with Crippen molar-refractivity contribution in [2.45, 2.75) is 27.7 Å². The fourth-order valence-electron chi connectivity index (χ4n) is 6.66. The normalized spacial score (nSPS) is 31.5. The number of amides is 4. The first-order chi connectivity index (χ1) is 16.2. The van der Waals surface area contributed by atoms with Crippen molar-refractivity contribution < 1.29 is 19.2 Å². The van der Waals surface area contributed by atoms with E-state index in [1.54, 1.807) is 12.1 Å². The molecular formula is C28H26N2O4. The number of hydrogen-bond donors (Lipinski definition) is 0. The second-order valence-corrected chi connectivity index (χ2v) is 10.1. The van der Waals surface area contributed by atoms with E-state index in [2.05, 4.69) is 0 Å². The van der Waals surface area contributed by atoms with Crippen LogP contribution in [0.1, 0.15) is 22.3 Å². The molecule has 2 saturated heterocycles. The quantitative estimate of drug-likeness (QED) is 0.513. The number of rotatable bonds is 2. The van der Waals surface area contributed by atoms with Gasteiger partial charge in [0.25, 0.3) is 0 Å². The Bertz CT molecular complexity index is 1200. The third-order valence-corrected chi connectivity index (χ3v) is 8.64. The summed E-state index contributed by atoms with van der Waals surface area (Å²) in [6, 6.07) is 11.2. The van der Waals surface area contributed by atoms with Crippen molar-refractivity contribution in [3.63, 3.8) is 0 Å². The Labute approximate surface area is 198 Å². The molecule has 3 fully saturated rings. The van der Waals surface area contributed by atoms with E-state index < -0.39 is 35.5 Å². The van der Waals surface area contributed by atoms with Crippen LogP contribution in [0.3, 0.4) is 0 Å². The van der Waals surface area contributed by atoms with Crippen LogP contribution in [-0.2, 0) is 19.2 Å². The molecule has 6 heteroatoms. The zero-order valence-electron chi connectivity index (χ0n) is 19.6. The van der Waals surface area contributed by atoms with E-state index in [1.807, 2.05) is 64.1 Å². The summed E-state index contributed by atoms with van der Waals surface area (Å²) in [5.74, 6) is -4.40. The minimum absolute atomic E-state index is 0.257. The standard InChI is InChI=1S/C28H26N2O4/c1-13-7-5-9-19(15(13)3)29-25(31)21-17-11-12-18(22(21)26(29)32)24-23(17)27(33)30(28(24)34)20-10-6-8-14(2)16(20)4/h5-12,17-18,21-24H,1-4H3/t17?,18?,21-,22+,23+,24-. The maximum absolute atomic E-state index is 13.7.